The first-order valence-electron chi connectivity index (χ1n) is 7.19. The second kappa shape index (κ2) is 6.38. The third-order valence-corrected chi connectivity index (χ3v) is 3.49. The number of carbonyl (C=O) groups excluding carboxylic acids is 2. The molecule has 0 fully saturated rings. The van der Waals surface area contributed by atoms with Crippen LogP contribution in [0, 0.1) is 0 Å². The molecular weight excluding hydrogens is 282 g/mol. The number of rotatable bonds is 4. The maximum absolute atomic E-state index is 12.2. The summed E-state index contributed by atoms with van der Waals surface area (Å²) in [4.78, 5) is 25.0. The molecule has 0 saturated heterocycles. The summed E-state index contributed by atoms with van der Waals surface area (Å²) in [5.74, 6) is -1.32. The van der Waals surface area contributed by atoms with Gasteiger partial charge in [0.2, 0.25) is 0 Å². The predicted molar refractivity (Wildman–Crippen MR) is 82.3 cm³/mol. The van der Waals surface area contributed by atoms with E-state index in [4.69, 9.17) is 4.74 Å². The Morgan fingerprint density at radius 1 is 1.09 bits per heavy atom. The molecule has 1 amide bonds. The molecule has 0 unspecified atom stereocenters. The van der Waals surface area contributed by atoms with E-state index in [9.17, 15) is 14.7 Å². The summed E-state index contributed by atoms with van der Waals surface area (Å²) >= 11 is 0. The molecule has 0 radical (unpaired) electrons. The molecular formula is C17H24NO4-. The molecule has 0 N–H and O–H groups in total. The molecule has 22 heavy (non-hydrogen) atoms. The second-order valence-electron chi connectivity index (χ2n) is 6.90. The van der Waals surface area contributed by atoms with Crippen LogP contribution in [0.15, 0.2) is 30.3 Å². The maximum atomic E-state index is 12.2. The zero-order chi connectivity index (χ0) is 17.1. The van der Waals surface area contributed by atoms with Gasteiger partial charge in [-0.25, -0.2) is 4.79 Å². The fourth-order valence-electron chi connectivity index (χ4n) is 2.40. The molecule has 5 heteroatoms. The lowest BCUT2D eigenvalue weighted by molar-refractivity contribution is -0.312. The van der Waals surface area contributed by atoms with Gasteiger partial charge >= 0.3 is 6.09 Å². The molecule has 0 aliphatic rings. The summed E-state index contributed by atoms with van der Waals surface area (Å²) < 4.78 is 5.26. The Morgan fingerprint density at radius 2 is 1.59 bits per heavy atom. The highest BCUT2D eigenvalue weighted by Crippen LogP contribution is 2.30. The largest absolute Gasteiger partial charge is 0.548 e. The first-order chi connectivity index (χ1) is 9.97. The monoisotopic (exact) mass is 306 g/mol. The van der Waals surface area contributed by atoms with E-state index < -0.39 is 29.1 Å². The van der Waals surface area contributed by atoms with E-state index in [0.717, 1.165) is 10.5 Å². The molecule has 122 valence electrons. The van der Waals surface area contributed by atoms with Crippen molar-refractivity contribution in [2.75, 3.05) is 7.05 Å². The van der Waals surface area contributed by atoms with Gasteiger partial charge in [0, 0.05) is 12.5 Å². The van der Waals surface area contributed by atoms with Gasteiger partial charge in [-0.1, -0.05) is 44.2 Å². The van der Waals surface area contributed by atoms with Crippen LogP contribution in [0.5, 0.6) is 0 Å². The SMILES string of the molecule is CN(C(=O)OC(C)(C)C)[C@H](C(=O)[O-])C(C)(C)c1ccccc1. The number of amides is 1. The highest BCUT2D eigenvalue weighted by Gasteiger charge is 2.38. The molecule has 5 nitrogen and oxygen atoms in total. The molecule has 0 spiro atoms. The van der Waals surface area contributed by atoms with Crippen molar-refractivity contribution in [1.29, 1.82) is 0 Å². The van der Waals surface area contributed by atoms with Gasteiger partial charge in [0.05, 0.1) is 12.0 Å². The van der Waals surface area contributed by atoms with Crippen molar-refractivity contribution >= 4 is 12.1 Å². The van der Waals surface area contributed by atoms with Gasteiger partial charge in [-0.3, -0.25) is 0 Å². The Balaban J connectivity index is 3.13. The molecule has 0 heterocycles. The fourth-order valence-corrected chi connectivity index (χ4v) is 2.40. The summed E-state index contributed by atoms with van der Waals surface area (Å²) in [6, 6.07) is 8.03. The Kier molecular flexibility index (Phi) is 5.22. The van der Waals surface area contributed by atoms with Crippen LogP contribution in [-0.2, 0) is 14.9 Å². The second-order valence-corrected chi connectivity index (χ2v) is 6.90. The smallest absolute Gasteiger partial charge is 0.410 e. The number of carbonyl (C=O) groups is 2. The third-order valence-electron chi connectivity index (χ3n) is 3.49. The molecule has 1 rings (SSSR count). The lowest BCUT2D eigenvalue weighted by atomic mass is 9.77. The number of hydrogen-bond acceptors (Lipinski definition) is 4. The molecule has 0 aliphatic heterocycles. The van der Waals surface area contributed by atoms with Crippen molar-refractivity contribution in [3.63, 3.8) is 0 Å². The average Bonchev–Trinajstić information content (AvgIpc) is 2.37. The Bertz CT molecular complexity index is 531. The Labute approximate surface area is 131 Å². The van der Waals surface area contributed by atoms with Crippen LogP contribution in [0.4, 0.5) is 4.79 Å². The number of likely N-dealkylation sites (N-methyl/N-ethyl adjacent to an activating group) is 1. The number of aliphatic carboxylic acids is 1. The predicted octanol–water partition coefficient (Wildman–Crippen LogP) is 1.95. The van der Waals surface area contributed by atoms with E-state index >= 15 is 0 Å². The minimum atomic E-state index is -1.32. The van der Waals surface area contributed by atoms with Crippen LogP contribution >= 0.6 is 0 Å². The number of ether oxygens (including phenoxy) is 1. The average molecular weight is 306 g/mol. The van der Waals surface area contributed by atoms with Crippen LogP contribution < -0.4 is 5.11 Å². The van der Waals surface area contributed by atoms with Crippen molar-refractivity contribution in [3.05, 3.63) is 35.9 Å². The molecule has 0 saturated carbocycles. The summed E-state index contributed by atoms with van der Waals surface area (Å²) in [5, 5.41) is 11.7. The standard InChI is InChI=1S/C17H25NO4/c1-16(2,3)22-15(21)18(6)13(14(19)20)17(4,5)12-10-8-7-9-11-12/h7-11,13H,1-6H3,(H,19,20)/p-1/t13-/m1/s1. The zero-order valence-electron chi connectivity index (χ0n) is 14.0. The van der Waals surface area contributed by atoms with Crippen LogP contribution in [0.1, 0.15) is 40.2 Å². The Morgan fingerprint density at radius 3 is 2.00 bits per heavy atom. The van der Waals surface area contributed by atoms with Gasteiger partial charge in [0.25, 0.3) is 0 Å². The number of carboxylic acids is 1. The summed E-state index contributed by atoms with van der Waals surface area (Å²) in [5.41, 5.74) is -0.718. The number of carboxylic acid groups (broad SMARTS) is 1. The molecule has 0 bridgehead atoms. The van der Waals surface area contributed by atoms with Crippen molar-refractivity contribution in [2.24, 2.45) is 0 Å². The first-order valence-corrected chi connectivity index (χ1v) is 7.19. The highest BCUT2D eigenvalue weighted by atomic mass is 16.6. The topological polar surface area (TPSA) is 69.7 Å². The third kappa shape index (κ3) is 4.23. The van der Waals surface area contributed by atoms with Crippen molar-refractivity contribution in [2.45, 2.75) is 51.7 Å². The van der Waals surface area contributed by atoms with Crippen LogP contribution in [0.3, 0.4) is 0 Å². The highest BCUT2D eigenvalue weighted by molar-refractivity contribution is 5.80. The molecule has 0 aromatic heterocycles. The lowest BCUT2D eigenvalue weighted by Gasteiger charge is -2.41. The first kappa shape index (κ1) is 18.0. The van der Waals surface area contributed by atoms with Gasteiger partial charge < -0.3 is 19.5 Å². The van der Waals surface area contributed by atoms with E-state index in [1.165, 1.54) is 7.05 Å². The fraction of sp³-hybridized carbons (Fsp3) is 0.529. The van der Waals surface area contributed by atoms with Crippen molar-refractivity contribution in [1.82, 2.24) is 4.90 Å². The lowest BCUT2D eigenvalue weighted by Crippen LogP contribution is -2.58. The minimum absolute atomic E-state index is 0.689. The zero-order valence-corrected chi connectivity index (χ0v) is 14.0. The van der Waals surface area contributed by atoms with Crippen molar-refractivity contribution in [3.8, 4) is 0 Å². The van der Waals surface area contributed by atoms with Gasteiger partial charge in [-0.05, 0) is 26.3 Å². The summed E-state index contributed by atoms with van der Waals surface area (Å²) in [6.07, 6.45) is -0.689. The molecule has 1 aromatic rings. The van der Waals surface area contributed by atoms with Gasteiger partial charge in [0.15, 0.2) is 0 Å². The van der Waals surface area contributed by atoms with Crippen molar-refractivity contribution < 1.29 is 19.4 Å². The van der Waals surface area contributed by atoms with Gasteiger partial charge in [0.1, 0.15) is 5.60 Å². The van der Waals surface area contributed by atoms with E-state index in [2.05, 4.69) is 0 Å². The molecule has 1 atom stereocenters. The molecule has 0 aliphatic carbocycles. The normalized spacial score (nSPS) is 13.4. The van der Waals surface area contributed by atoms with Crippen LogP contribution in [0.2, 0.25) is 0 Å². The quantitative estimate of drug-likeness (QED) is 0.852. The van der Waals surface area contributed by atoms with E-state index in [1.54, 1.807) is 34.6 Å². The van der Waals surface area contributed by atoms with Crippen LogP contribution in [-0.4, -0.2) is 35.7 Å². The number of benzene rings is 1. The minimum Gasteiger partial charge on any atom is -0.548 e. The summed E-state index contributed by atoms with van der Waals surface area (Å²) in [6.45, 7) is 8.73. The number of hydrogen-bond donors (Lipinski definition) is 0. The van der Waals surface area contributed by atoms with Gasteiger partial charge in [-0.2, -0.15) is 0 Å². The van der Waals surface area contributed by atoms with Crippen LogP contribution in [0.25, 0.3) is 0 Å². The number of nitrogens with zero attached hydrogens (tertiary/aromatic N) is 1. The maximum Gasteiger partial charge on any atom is 0.410 e. The Hall–Kier alpha value is -2.04. The van der Waals surface area contributed by atoms with E-state index in [1.807, 2.05) is 30.3 Å². The van der Waals surface area contributed by atoms with E-state index in [0.29, 0.717) is 0 Å². The molecule has 1 aromatic carbocycles. The summed E-state index contributed by atoms with van der Waals surface area (Å²) in [7, 11) is 1.42. The van der Waals surface area contributed by atoms with Gasteiger partial charge in [-0.15, -0.1) is 0 Å². The van der Waals surface area contributed by atoms with E-state index in [-0.39, 0.29) is 0 Å².